The molecule has 0 aliphatic heterocycles. The number of ketones is 1. The lowest BCUT2D eigenvalue weighted by atomic mass is 9.40. The van der Waals surface area contributed by atoms with Crippen molar-refractivity contribution in [3.63, 3.8) is 0 Å². The van der Waals surface area contributed by atoms with Gasteiger partial charge in [-0.05, 0) is 62.4 Å². The van der Waals surface area contributed by atoms with Gasteiger partial charge in [-0.25, -0.2) is 0 Å². The Bertz CT molecular complexity index is 601. The van der Waals surface area contributed by atoms with E-state index in [0.717, 1.165) is 25.7 Å². The molecule has 0 aromatic carbocycles. The van der Waals surface area contributed by atoms with Crippen LogP contribution < -0.4 is 0 Å². The van der Waals surface area contributed by atoms with Gasteiger partial charge in [0, 0.05) is 17.3 Å². The maximum atomic E-state index is 11.8. The minimum Gasteiger partial charge on any atom is -0.393 e. The third kappa shape index (κ3) is 1.32. The molecule has 6 aliphatic carbocycles. The highest BCUT2D eigenvalue weighted by atomic mass is 16.3. The molecule has 1 spiro atoms. The van der Waals surface area contributed by atoms with Crippen LogP contribution in [0.15, 0.2) is 23.3 Å². The molecule has 2 heteroatoms. The molecule has 0 saturated heterocycles. The Morgan fingerprint density at radius 1 is 1.29 bits per heavy atom. The van der Waals surface area contributed by atoms with Gasteiger partial charge in [0.2, 0.25) is 0 Å². The van der Waals surface area contributed by atoms with Crippen LogP contribution in [0.3, 0.4) is 0 Å². The summed E-state index contributed by atoms with van der Waals surface area (Å²) in [7, 11) is 0. The average molecular weight is 284 g/mol. The van der Waals surface area contributed by atoms with Crippen molar-refractivity contribution >= 4 is 5.78 Å². The monoisotopic (exact) mass is 284 g/mol. The predicted octanol–water partition coefficient (Wildman–Crippen LogP) is 3.41. The smallest absolute Gasteiger partial charge is 0.155 e. The quantitative estimate of drug-likeness (QED) is 0.692. The molecule has 0 aromatic heterocycles. The number of fused-ring (bicyclic) bond motifs is 1. The summed E-state index contributed by atoms with van der Waals surface area (Å²) in [5.74, 6) is 2.37. The standard InChI is InChI=1S/C19H24O2/c1-18-6-5-15-13(14(18)2-3-17(18)21)8-11-10-19(15)7-4-12(20)9-16(11)19/h5,9,11,13-14,17,21H,2-4,6-8,10H2,1H3/t11-,13?,14?,17?,18-,19-/m0/s1. The fraction of sp³-hybridized carbons (Fsp3) is 0.737. The van der Waals surface area contributed by atoms with Crippen LogP contribution in [-0.4, -0.2) is 17.0 Å². The van der Waals surface area contributed by atoms with Crippen LogP contribution in [0.25, 0.3) is 0 Å². The average Bonchev–Trinajstić information content (AvgIpc) is 2.77. The van der Waals surface area contributed by atoms with Crippen molar-refractivity contribution in [3.8, 4) is 0 Å². The fourth-order valence-corrected chi connectivity index (χ4v) is 6.67. The van der Waals surface area contributed by atoms with Gasteiger partial charge in [0.05, 0.1) is 6.10 Å². The van der Waals surface area contributed by atoms with E-state index >= 15 is 0 Å². The van der Waals surface area contributed by atoms with Crippen LogP contribution in [0.1, 0.15) is 51.9 Å². The third-order valence-corrected chi connectivity index (χ3v) is 7.80. The summed E-state index contributed by atoms with van der Waals surface area (Å²) in [6, 6.07) is 0. The van der Waals surface area contributed by atoms with E-state index in [0.29, 0.717) is 23.5 Å². The molecule has 3 unspecified atom stereocenters. The summed E-state index contributed by atoms with van der Waals surface area (Å²) in [5, 5.41) is 10.4. The Morgan fingerprint density at radius 2 is 2.14 bits per heavy atom. The first-order chi connectivity index (χ1) is 10.0. The van der Waals surface area contributed by atoms with E-state index in [1.54, 1.807) is 5.57 Å². The predicted molar refractivity (Wildman–Crippen MR) is 80.5 cm³/mol. The van der Waals surface area contributed by atoms with Gasteiger partial charge < -0.3 is 5.11 Å². The first kappa shape index (κ1) is 12.6. The molecule has 1 N–H and O–H groups in total. The van der Waals surface area contributed by atoms with E-state index in [2.05, 4.69) is 13.0 Å². The lowest BCUT2D eigenvalue weighted by Gasteiger charge is -2.64. The van der Waals surface area contributed by atoms with Crippen LogP contribution >= 0.6 is 0 Å². The Hall–Kier alpha value is -0.890. The number of carbonyl (C=O) groups excluding carboxylic acids is 1. The van der Waals surface area contributed by atoms with Crippen molar-refractivity contribution in [2.24, 2.45) is 28.6 Å². The molecule has 0 radical (unpaired) electrons. The second kappa shape index (κ2) is 3.71. The number of hydrogen-bond donors (Lipinski definition) is 1. The third-order valence-electron chi connectivity index (χ3n) is 7.80. The molecule has 0 heterocycles. The summed E-state index contributed by atoms with van der Waals surface area (Å²) < 4.78 is 0. The molecule has 0 amide bonds. The molecule has 6 aliphatic rings. The van der Waals surface area contributed by atoms with E-state index in [1.165, 1.54) is 24.8 Å². The minimum absolute atomic E-state index is 0.112. The van der Waals surface area contributed by atoms with Gasteiger partial charge in [-0.1, -0.05) is 24.1 Å². The maximum absolute atomic E-state index is 11.8. The molecular formula is C19H24O2. The highest BCUT2D eigenvalue weighted by Gasteiger charge is 2.63. The van der Waals surface area contributed by atoms with E-state index in [4.69, 9.17) is 0 Å². The lowest BCUT2D eigenvalue weighted by molar-refractivity contribution is -0.117. The van der Waals surface area contributed by atoms with E-state index < -0.39 is 0 Å². The van der Waals surface area contributed by atoms with Gasteiger partial charge in [0.1, 0.15) is 0 Å². The first-order valence-corrected chi connectivity index (χ1v) is 8.68. The van der Waals surface area contributed by atoms with Crippen molar-refractivity contribution in [2.45, 2.75) is 58.0 Å². The van der Waals surface area contributed by atoms with Gasteiger partial charge >= 0.3 is 0 Å². The number of hydrogen-bond acceptors (Lipinski definition) is 2. The van der Waals surface area contributed by atoms with Crippen LogP contribution in [0.2, 0.25) is 0 Å². The molecule has 4 fully saturated rings. The number of carbonyl (C=O) groups is 1. The topological polar surface area (TPSA) is 37.3 Å². The number of allylic oxidation sites excluding steroid dienone is 4. The largest absolute Gasteiger partial charge is 0.393 e. The summed E-state index contributed by atoms with van der Waals surface area (Å²) in [5.41, 5.74) is 3.53. The van der Waals surface area contributed by atoms with Crippen molar-refractivity contribution < 1.29 is 9.90 Å². The molecule has 0 aromatic rings. The van der Waals surface area contributed by atoms with Gasteiger partial charge in [0.25, 0.3) is 0 Å². The van der Waals surface area contributed by atoms with E-state index in [-0.39, 0.29) is 16.9 Å². The molecular weight excluding hydrogens is 260 g/mol. The van der Waals surface area contributed by atoms with Crippen LogP contribution in [-0.2, 0) is 4.79 Å². The number of aliphatic hydroxyl groups excluding tert-OH is 1. The van der Waals surface area contributed by atoms with Crippen LogP contribution in [0, 0.1) is 28.6 Å². The Labute approximate surface area is 126 Å². The zero-order valence-electron chi connectivity index (χ0n) is 12.8. The molecule has 6 atom stereocenters. The highest BCUT2D eigenvalue weighted by Crippen LogP contribution is 2.72. The van der Waals surface area contributed by atoms with Crippen molar-refractivity contribution in [1.82, 2.24) is 0 Å². The summed E-state index contributed by atoms with van der Waals surface area (Å²) in [6.07, 6.45) is 11.9. The maximum Gasteiger partial charge on any atom is 0.155 e. The first-order valence-electron chi connectivity index (χ1n) is 8.68. The number of rotatable bonds is 0. The van der Waals surface area contributed by atoms with E-state index in [1.807, 2.05) is 6.08 Å². The van der Waals surface area contributed by atoms with Crippen molar-refractivity contribution in [3.05, 3.63) is 23.3 Å². The lowest BCUT2D eigenvalue weighted by Crippen LogP contribution is -2.55. The number of aliphatic hydroxyl groups is 1. The van der Waals surface area contributed by atoms with Gasteiger partial charge in [0.15, 0.2) is 5.78 Å². The summed E-state index contributed by atoms with van der Waals surface area (Å²) in [6.45, 7) is 2.31. The Morgan fingerprint density at radius 3 is 3.00 bits per heavy atom. The van der Waals surface area contributed by atoms with Gasteiger partial charge in [-0.2, -0.15) is 0 Å². The van der Waals surface area contributed by atoms with Crippen molar-refractivity contribution in [1.29, 1.82) is 0 Å². The van der Waals surface area contributed by atoms with Crippen LogP contribution in [0.4, 0.5) is 0 Å². The molecule has 4 saturated carbocycles. The second-order valence-corrected chi connectivity index (χ2v) is 8.46. The fourth-order valence-electron chi connectivity index (χ4n) is 6.67. The van der Waals surface area contributed by atoms with Crippen LogP contribution in [0.5, 0.6) is 0 Å². The molecule has 21 heavy (non-hydrogen) atoms. The zero-order chi connectivity index (χ0) is 14.4. The molecule has 6 rings (SSSR count). The van der Waals surface area contributed by atoms with E-state index in [9.17, 15) is 9.90 Å². The van der Waals surface area contributed by atoms with Gasteiger partial charge in [-0.3, -0.25) is 4.79 Å². The molecule has 2 bridgehead atoms. The van der Waals surface area contributed by atoms with Gasteiger partial charge in [-0.15, -0.1) is 0 Å². The Balaban J connectivity index is 1.60. The summed E-state index contributed by atoms with van der Waals surface area (Å²) >= 11 is 0. The summed E-state index contributed by atoms with van der Waals surface area (Å²) in [4.78, 5) is 11.8. The second-order valence-electron chi connectivity index (χ2n) is 8.46. The molecule has 112 valence electrons. The minimum atomic E-state index is -0.112. The zero-order valence-corrected chi connectivity index (χ0v) is 12.8. The van der Waals surface area contributed by atoms with Crippen molar-refractivity contribution in [2.75, 3.05) is 0 Å². The Kier molecular flexibility index (Phi) is 2.23. The SMILES string of the molecule is C[C@]12CC=C3C(C[C@H]4C[C@@]35CCC(=O)C=C45)C1CCC2O. The molecule has 2 nitrogen and oxygen atoms in total. The normalized spacial score (nSPS) is 53.9. The highest BCUT2D eigenvalue weighted by molar-refractivity contribution is 5.92.